The Labute approximate surface area is 81.7 Å². The molecule has 1 nitrogen and oxygen atoms in total. The second-order valence-corrected chi connectivity index (χ2v) is 2.38. The van der Waals surface area contributed by atoms with E-state index in [4.69, 9.17) is 5.11 Å². The molecule has 0 atom stereocenters. The van der Waals surface area contributed by atoms with E-state index in [1.807, 2.05) is 25.1 Å². The smallest absolute Gasteiger partial charge is 0.0428 e. The molecule has 1 rings (SSSR count). The van der Waals surface area contributed by atoms with Crippen LogP contribution in [0.1, 0.15) is 18.9 Å². The zero-order valence-electron chi connectivity index (χ0n) is 8.66. The molecule has 0 fully saturated rings. The van der Waals surface area contributed by atoms with E-state index in [0.717, 1.165) is 6.42 Å². The van der Waals surface area contributed by atoms with E-state index in [2.05, 4.69) is 32.2 Å². The lowest BCUT2D eigenvalue weighted by Gasteiger charge is -1.82. The zero-order chi connectivity index (χ0) is 10.5. The van der Waals surface area contributed by atoms with Crippen molar-refractivity contribution < 1.29 is 5.11 Å². The molecule has 0 bridgehead atoms. The summed E-state index contributed by atoms with van der Waals surface area (Å²) in [6, 6.07) is 10.3. The number of hydrogen-bond donors (Lipinski definition) is 1. The van der Waals surface area contributed by atoms with Gasteiger partial charge in [-0.05, 0) is 13.3 Å². The summed E-state index contributed by atoms with van der Waals surface area (Å²) in [5.41, 5.74) is 1.32. The Kier molecular flexibility index (Phi) is 15.0. The third kappa shape index (κ3) is 13.9. The SMILES string of the molecule is C=C.CCCO.Cc1ccccc1. The molecule has 13 heavy (non-hydrogen) atoms. The number of aliphatic hydroxyl groups excluding tert-OH is 1. The van der Waals surface area contributed by atoms with Crippen LogP contribution in [0.3, 0.4) is 0 Å². The fourth-order valence-electron chi connectivity index (χ4n) is 0.534. The summed E-state index contributed by atoms with van der Waals surface area (Å²) in [5, 5.41) is 7.88. The molecule has 0 radical (unpaired) electrons. The summed E-state index contributed by atoms with van der Waals surface area (Å²) < 4.78 is 0. The van der Waals surface area contributed by atoms with Crippen molar-refractivity contribution in [2.24, 2.45) is 0 Å². The van der Waals surface area contributed by atoms with Crippen molar-refractivity contribution in [2.75, 3.05) is 6.61 Å². The monoisotopic (exact) mass is 180 g/mol. The Balaban J connectivity index is 0. The van der Waals surface area contributed by atoms with Gasteiger partial charge in [-0.2, -0.15) is 0 Å². The minimum absolute atomic E-state index is 0.319. The first-order valence-corrected chi connectivity index (χ1v) is 4.43. The van der Waals surface area contributed by atoms with Crippen molar-refractivity contribution in [1.29, 1.82) is 0 Å². The van der Waals surface area contributed by atoms with E-state index < -0.39 is 0 Å². The molecule has 1 aromatic carbocycles. The molecule has 0 aromatic heterocycles. The number of hydrogen-bond acceptors (Lipinski definition) is 1. The van der Waals surface area contributed by atoms with Gasteiger partial charge in [-0.25, -0.2) is 0 Å². The Morgan fingerprint density at radius 3 is 1.69 bits per heavy atom. The van der Waals surface area contributed by atoms with Crippen LogP contribution in [0.4, 0.5) is 0 Å². The Morgan fingerprint density at radius 1 is 1.15 bits per heavy atom. The fraction of sp³-hybridized carbons (Fsp3) is 0.333. The summed E-state index contributed by atoms with van der Waals surface area (Å²) in [7, 11) is 0. The summed E-state index contributed by atoms with van der Waals surface area (Å²) >= 11 is 0. The van der Waals surface area contributed by atoms with Crippen LogP contribution in [0.5, 0.6) is 0 Å². The largest absolute Gasteiger partial charge is 0.396 e. The zero-order valence-corrected chi connectivity index (χ0v) is 8.66. The number of aryl methyl sites for hydroxylation is 1. The maximum Gasteiger partial charge on any atom is 0.0428 e. The first-order chi connectivity index (χ1) is 6.31. The lowest BCUT2D eigenvalue weighted by molar-refractivity contribution is 0.295. The van der Waals surface area contributed by atoms with Gasteiger partial charge in [-0.3, -0.25) is 0 Å². The second-order valence-electron chi connectivity index (χ2n) is 2.38. The van der Waals surface area contributed by atoms with Crippen LogP contribution in [0.2, 0.25) is 0 Å². The van der Waals surface area contributed by atoms with Gasteiger partial charge in [-0.1, -0.05) is 42.8 Å². The van der Waals surface area contributed by atoms with Crippen LogP contribution in [-0.2, 0) is 0 Å². The van der Waals surface area contributed by atoms with Crippen molar-refractivity contribution in [3.05, 3.63) is 49.1 Å². The standard InChI is InChI=1S/C7H8.C3H8O.C2H4/c1-7-5-3-2-4-6-7;1-2-3-4;1-2/h2-6H,1H3;4H,2-3H2,1H3;1-2H2. The van der Waals surface area contributed by atoms with Gasteiger partial charge < -0.3 is 5.11 Å². The van der Waals surface area contributed by atoms with Crippen LogP contribution >= 0.6 is 0 Å². The van der Waals surface area contributed by atoms with E-state index in [-0.39, 0.29) is 0 Å². The van der Waals surface area contributed by atoms with Gasteiger partial charge in [0, 0.05) is 6.61 Å². The quantitative estimate of drug-likeness (QED) is 0.658. The lowest BCUT2D eigenvalue weighted by atomic mass is 10.2. The number of benzene rings is 1. The first kappa shape index (κ1) is 14.4. The van der Waals surface area contributed by atoms with Crippen molar-refractivity contribution in [3.8, 4) is 0 Å². The van der Waals surface area contributed by atoms with Crippen LogP contribution < -0.4 is 0 Å². The molecule has 74 valence electrons. The maximum absolute atomic E-state index is 7.88. The van der Waals surface area contributed by atoms with Gasteiger partial charge in [0.2, 0.25) is 0 Å². The highest BCUT2D eigenvalue weighted by Gasteiger charge is 1.72. The van der Waals surface area contributed by atoms with Crippen LogP contribution in [0.15, 0.2) is 43.5 Å². The van der Waals surface area contributed by atoms with Crippen molar-refractivity contribution in [1.82, 2.24) is 0 Å². The Hall–Kier alpha value is -1.08. The second kappa shape index (κ2) is 13.5. The Morgan fingerprint density at radius 2 is 1.54 bits per heavy atom. The van der Waals surface area contributed by atoms with Crippen LogP contribution in [-0.4, -0.2) is 11.7 Å². The summed E-state index contributed by atoms with van der Waals surface area (Å²) in [4.78, 5) is 0. The predicted molar refractivity (Wildman–Crippen MR) is 59.8 cm³/mol. The van der Waals surface area contributed by atoms with Gasteiger partial charge in [0.25, 0.3) is 0 Å². The molecule has 0 aliphatic heterocycles. The molecule has 1 aromatic rings. The first-order valence-electron chi connectivity index (χ1n) is 4.43. The average Bonchev–Trinajstić information content (AvgIpc) is 2.22. The number of aliphatic hydroxyl groups is 1. The molecule has 0 saturated carbocycles. The maximum atomic E-state index is 7.88. The van der Waals surface area contributed by atoms with Gasteiger partial charge in [0.05, 0.1) is 0 Å². The third-order valence-corrected chi connectivity index (χ3v) is 1.16. The molecule has 0 aliphatic carbocycles. The third-order valence-electron chi connectivity index (χ3n) is 1.16. The van der Waals surface area contributed by atoms with Gasteiger partial charge in [-0.15, -0.1) is 13.2 Å². The summed E-state index contributed by atoms with van der Waals surface area (Å²) in [6.07, 6.45) is 0.875. The summed E-state index contributed by atoms with van der Waals surface area (Å²) in [6.45, 7) is 10.3. The average molecular weight is 180 g/mol. The highest BCUT2D eigenvalue weighted by molar-refractivity contribution is 5.11. The summed E-state index contributed by atoms with van der Waals surface area (Å²) in [5.74, 6) is 0. The van der Waals surface area contributed by atoms with Crippen molar-refractivity contribution in [2.45, 2.75) is 20.3 Å². The minimum atomic E-state index is 0.319. The fourth-order valence-corrected chi connectivity index (χ4v) is 0.534. The topological polar surface area (TPSA) is 20.2 Å². The van der Waals surface area contributed by atoms with Crippen molar-refractivity contribution in [3.63, 3.8) is 0 Å². The molecule has 1 N–H and O–H groups in total. The van der Waals surface area contributed by atoms with E-state index in [9.17, 15) is 0 Å². The highest BCUT2D eigenvalue weighted by Crippen LogP contribution is 1.92. The van der Waals surface area contributed by atoms with Gasteiger partial charge in [0.15, 0.2) is 0 Å². The molecule has 0 unspecified atom stereocenters. The molecule has 0 amide bonds. The van der Waals surface area contributed by atoms with E-state index >= 15 is 0 Å². The molecule has 1 heteroatoms. The minimum Gasteiger partial charge on any atom is -0.396 e. The predicted octanol–water partition coefficient (Wildman–Crippen LogP) is 3.19. The van der Waals surface area contributed by atoms with Crippen LogP contribution in [0, 0.1) is 6.92 Å². The highest BCUT2D eigenvalue weighted by atomic mass is 16.2. The molecule has 0 heterocycles. The molecule has 0 aliphatic rings. The van der Waals surface area contributed by atoms with E-state index in [1.165, 1.54) is 5.56 Å². The molecular weight excluding hydrogens is 160 g/mol. The van der Waals surface area contributed by atoms with E-state index in [1.54, 1.807) is 0 Å². The molecular formula is C12H20O. The number of rotatable bonds is 1. The van der Waals surface area contributed by atoms with Gasteiger partial charge >= 0.3 is 0 Å². The molecule has 0 spiro atoms. The van der Waals surface area contributed by atoms with Crippen molar-refractivity contribution >= 4 is 0 Å². The normalized spacial score (nSPS) is 7.31. The Bertz CT molecular complexity index is 168. The lowest BCUT2D eigenvalue weighted by Crippen LogP contribution is -1.69. The van der Waals surface area contributed by atoms with Crippen LogP contribution in [0.25, 0.3) is 0 Å². The molecule has 0 saturated heterocycles. The van der Waals surface area contributed by atoms with Gasteiger partial charge in [0.1, 0.15) is 0 Å². The van der Waals surface area contributed by atoms with E-state index in [0.29, 0.717) is 6.61 Å².